The van der Waals surface area contributed by atoms with E-state index in [0.717, 1.165) is 0 Å². The Balaban J connectivity index is 2.29. The molecule has 0 N–H and O–H groups in total. The Morgan fingerprint density at radius 1 is 0.846 bits per heavy atom. The summed E-state index contributed by atoms with van der Waals surface area (Å²) in [6, 6.07) is 10.5. The predicted molar refractivity (Wildman–Crippen MR) is 94.0 cm³/mol. The first-order chi connectivity index (χ1) is 12.4. The monoisotopic (exact) mass is 376 g/mol. The van der Waals surface area contributed by atoms with E-state index in [4.69, 9.17) is 18.6 Å². The molecule has 0 aliphatic rings. The number of ether oxygens (including phenoxy) is 3. The van der Waals surface area contributed by atoms with Crippen LogP contribution in [0.4, 0.5) is 0 Å². The maximum absolute atomic E-state index is 13.1. The van der Waals surface area contributed by atoms with Crippen LogP contribution >= 0.6 is 0 Å². The van der Waals surface area contributed by atoms with E-state index in [1.165, 1.54) is 39.5 Å². The topological polar surface area (TPSA) is 92.0 Å². The smallest absolute Gasteiger partial charge is 0.355 e. The van der Waals surface area contributed by atoms with Crippen molar-refractivity contribution in [3.63, 3.8) is 0 Å². The van der Waals surface area contributed by atoms with Crippen LogP contribution in [0, 0.1) is 0 Å². The second kappa shape index (κ2) is 6.72. The Hall–Kier alpha value is -3.00. The highest BCUT2D eigenvalue weighted by Crippen LogP contribution is 2.33. The Labute approximate surface area is 149 Å². The first-order valence-corrected chi connectivity index (χ1v) is 8.98. The van der Waals surface area contributed by atoms with Gasteiger partial charge in [-0.1, -0.05) is 12.1 Å². The number of fused-ring (bicyclic) bond motifs is 1. The molecular formula is C18H16O7S. The number of hydrogen-bond donors (Lipinski definition) is 0. The predicted octanol–water partition coefficient (Wildman–Crippen LogP) is 2.65. The Morgan fingerprint density at radius 2 is 1.58 bits per heavy atom. The number of sulfone groups is 1. The average molecular weight is 376 g/mol. The Bertz CT molecular complexity index is 1130. The summed E-state index contributed by atoms with van der Waals surface area (Å²) in [7, 11) is -0.0236. The molecule has 0 bridgehead atoms. The summed E-state index contributed by atoms with van der Waals surface area (Å²) in [6.07, 6.45) is 0. The Morgan fingerprint density at radius 3 is 2.23 bits per heavy atom. The molecule has 0 spiro atoms. The van der Waals surface area contributed by atoms with Crippen LogP contribution in [0.3, 0.4) is 0 Å². The lowest BCUT2D eigenvalue weighted by molar-refractivity contribution is 0.392. The summed E-state index contributed by atoms with van der Waals surface area (Å²) in [4.78, 5) is 11.7. The van der Waals surface area contributed by atoms with Crippen molar-refractivity contribution >= 4 is 20.8 Å². The van der Waals surface area contributed by atoms with E-state index in [-0.39, 0.29) is 16.2 Å². The third kappa shape index (κ3) is 2.88. The van der Waals surface area contributed by atoms with Crippen LogP contribution in [0.25, 0.3) is 11.0 Å². The third-order valence-corrected chi connectivity index (χ3v) is 5.62. The van der Waals surface area contributed by atoms with E-state index < -0.39 is 20.4 Å². The van der Waals surface area contributed by atoms with E-state index in [1.54, 1.807) is 24.3 Å². The standard InChI is InChI=1S/C18H16O7S/c1-22-12-7-8-13(23-2)15(10-12)26(20,21)16-9-11-5-4-6-14(24-3)17(11)25-18(16)19/h4-10H,1-3H3. The van der Waals surface area contributed by atoms with Crippen molar-refractivity contribution in [1.82, 2.24) is 0 Å². The van der Waals surface area contributed by atoms with Gasteiger partial charge in [-0.05, 0) is 24.3 Å². The van der Waals surface area contributed by atoms with Crippen molar-refractivity contribution in [2.75, 3.05) is 21.3 Å². The molecule has 3 rings (SSSR count). The molecule has 7 nitrogen and oxygen atoms in total. The van der Waals surface area contributed by atoms with Gasteiger partial charge in [0, 0.05) is 11.5 Å². The molecule has 0 saturated carbocycles. The van der Waals surface area contributed by atoms with Gasteiger partial charge in [-0.25, -0.2) is 13.2 Å². The van der Waals surface area contributed by atoms with Crippen LogP contribution < -0.4 is 19.8 Å². The van der Waals surface area contributed by atoms with Gasteiger partial charge in [0.25, 0.3) is 0 Å². The molecule has 3 aromatic rings. The SMILES string of the molecule is COc1ccc(OC)c(S(=O)(=O)c2cc3cccc(OC)c3oc2=O)c1. The minimum absolute atomic E-state index is 0.0935. The van der Waals surface area contributed by atoms with Gasteiger partial charge in [0.15, 0.2) is 16.2 Å². The van der Waals surface area contributed by atoms with Gasteiger partial charge < -0.3 is 18.6 Å². The molecule has 0 radical (unpaired) electrons. The van der Waals surface area contributed by atoms with Crippen LogP contribution in [0.2, 0.25) is 0 Å². The first kappa shape index (κ1) is 17.8. The van der Waals surface area contributed by atoms with Crippen molar-refractivity contribution < 1.29 is 27.0 Å². The summed E-state index contributed by atoms with van der Waals surface area (Å²) < 4.78 is 46.7. The minimum atomic E-state index is -4.21. The number of hydrogen-bond acceptors (Lipinski definition) is 7. The lowest BCUT2D eigenvalue weighted by Gasteiger charge is -2.11. The van der Waals surface area contributed by atoms with E-state index in [9.17, 15) is 13.2 Å². The van der Waals surface area contributed by atoms with Crippen molar-refractivity contribution in [2.45, 2.75) is 9.79 Å². The summed E-state index contributed by atoms with van der Waals surface area (Å²) >= 11 is 0. The van der Waals surface area contributed by atoms with Gasteiger partial charge in [-0.2, -0.15) is 0 Å². The highest BCUT2D eigenvalue weighted by molar-refractivity contribution is 7.91. The van der Waals surface area contributed by atoms with Gasteiger partial charge in [-0.15, -0.1) is 0 Å². The van der Waals surface area contributed by atoms with Gasteiger partial charge >= 0.3 is 5.63 Å². The molecule has 1 aromatic heterocycles. The molecule has 0 amide bonds. The number of methoxy groups -OCH3 is 3. The fourth-order valence-electron chi connectivity index (χ4n) is 2.56. The van der Waals surface area contributed by atoms with E-state index >= 15 is 0 Å². The molecule has 26 heavy (non-hydrogen) atoms. The van der Waals surface area contributed by atoms with E-state index in [2.05, 4.69) is 0 Å². The normalized spacial score (nSPS) is 11.3. The average Bonchev–Trinajstić information content (AvgIpc) is 2.66. The summed E-state index contributed by atoms with van der Waals surface area (Å²) in [5.41, 5.74) is -0.816. The van der Waals surface area contributed by atoms with Crippen LogP contribution in [0.1, 0.15) is 0 Å². The zero-order chi connectivity index (χ0) is 18.9. The van der Waals surface area contributed by atoms with Crippen LogP contribution in [-0.2, 0) is 9.84 Å². The van der Waals surface area contributed by atoms with Crippen LogP contribution in [0.5, 0.6) is 17.2 Å². The van der Waals surface area contributed by atoms with Gasteiger partial charge in [-0.3, -0.25) is 0 Å². The van der Waals surface area contributed by atoms with Crippen molar-refractivity contribution in [2.24, 2.45) is 0 Å². The zero-order valence-corrected chi connectivity index (χ0v) is 15.1. The molecule has 2 aromatic carbocycles. The maximum atomic E-state index is 13.1. The summed E-state index contributed by atoms with van der Waals surface area (Å²) in [5, 5.41) is 0.421. The second-order valence-corrected chi connectivity index (χ2v) is 7.18. The molecule has 1 heterocycles. The fraction of sp³-hybridized carbons (Fsp3) is 0.167. The number of rotatable bonds is 5. The quantitative estimate of drug-likeness (QED) is 0.632. The van der Waals surface area contributed by atoms with Gasteiger partial charge in [0.05, 0.1) is 21.3 Å². The van der Waals surface area contributed by atoms with Crippen molar-refractivity contribution in [3.05, 3.63) is 52.9 Å². The van der Waals surface area contributed by atoms with Gasteiger partial charge in [0.1, 0.15) is 16.4 Å². The molecule has 8 heteroatoms. The minimum Gasteiger partial charge on any atom is -0.497 e. The second-order valence-electron chi connectivity index (χ2n) is 5.30. The molecule has 0 aliphatic heterocycles. The highest BCUT2D eigenvalue weighted by atomic mass is 32.2. The summed E-state index contributed by atoms with van der Waals surface area (Å²) in [6.45, 7) is 0. The molecule has 136 valence electrons. The number of benzene rings is 2. The molecule has 0 saturated heterocycles. The molecule has 0 unspecified atom stereocenters. The van der Waals surface area contributed by atoms with Crippen LogP contribution in [-0.4, -0.2) is 29.7 Å². The largest absolute Gasteiger partial charge is 0.497 e. The lowest BCUT2D eigenvalue weighted by Crippen LogP contribution is -2.15. The first-order valence-electron chi connectivity index (χ1n) is 7.50. The fourth-order valence-corrected chi connectivity index (χ4v) is 4.03. The molecular weight excluding hydrogens is 360 g/mol. The van der Waals surface area contributed by atoms with E-state index in [1.807, 2.05) is 0 Å². The van der Waals surface area contributed by atoms with E-state index in [0.29, 0.717) is 16.9 Å². The zero-order valence-electron chi connectivity index (χ0n) is 14.3. The van der Waals surface area contributed by atoms with Crippen molar-refractivity contribution in [1.29, 1.82) is 0 Å². The lowest BCUT2D eigenvalue weighted by atomic mass is 10.2. The maximum Gasteiger partial charge on any atom is 0.355 e. The van der Waals surface area contributed by atoms with Gasteiger partial charge in [0.2, 0.25) is 9.84 Å². The molecule has 0 atom stereocenters. The summed E-state index contributed by atoms with van der Waals surface area (Å²) in [5.74, 6) is 0.745. The molecule has 0 fully saturated rings. The van der Waals surface area contributed by atoms with Crippen molar-refractivity contribution in [3.8, 4) is 17.2 Å². The Kier molecular flexibility index (Phi) is 4.60. The molecule has 0 aliphatic carbocycles. The number of para-hydroxylation sites is 1. The third-order valence-electron chi connectivity index (χ3n) is 3.86. The van der Waals surface area contributed by atoms with Crippen LogP contribution in [0.15, 0.2) is 61.5 Å². The highest BCUT2D eigenvalue weighted by Gasteiger charge is 2.28.